The zero-order valence-corrected chi connectivity index (χ0v) is 11.2. The zero-order chi connectivity index (χ0) is 13.7. The highest BCUT2D eigenvalue weighted by atomic mass is 16.5. The van der Waals surface area contributed by atoms with Gasteiger partial charge in [-0.05, 0) is 48.9 Å². The molecule has 0 spiro atoms. The Labute approximate surface area is 113 Å². The van der Waals surface area contributed by atoms with Crippen molar-refractivity contribution in [2.45, 2.75) is 38.2 Å². The zero-order valence-electron chi connectivity index (χ0n) is 11.2. The Bertz CT molecular complexity index is 442. The van der Waals surface area contributed by atoms with Crippen molar-refractivity contribution in [2.24, 2.45) is 0 Å². The fourth-order valence-corrected chi connectivity index (χ4v) is 2.35. The first kappa shape index (κ1) is 13.9. The van der Waals surface area contributed by atoms with Crippen LogP contribution in [0.4, 0.5) is 0 Å². The third-order valence-corrected chi connectivity index (χ3v) is 3.42. The van der Waals surface area contributed by atoms with Gasteiger partial charge in [0.15, 0.2) is 0 Å². The van der Waals surface area contributed by atoms with Crippen LogP contribution in [0.25, 0.3) is 0 Å². The predicted molar refractivity (Wildman–Crippen MR) is 71.1 cm³/mol. The fourth-order valence-electron chi connectivity index (χ4n) is 2.35. The summed E-state index contributed by atoms with van der Waals surface area (Å²) in [6.45, 7) is 0.476. The molecule has 0 aliphatic heterocycles. The lowest BCUT2D eigenvalue weighted by molar-refractivity contribution is -0.140. The monoisotopic (exact) mass is 264 g/mol. The number of hydrogen-bond donors (Lipinski definition) is 1. The molecular weight excluding hydrogens is 244 g/mol. The maximum atomic E-state index is 10.9. The Balaban J connectivity index is 1.88. The smallest absolute Gasteiger partial charge is 0.305 e. The van der Waals surface area contributed by atoms with Gasteiger partial charge in [-0.15, -0.1) is 0 Å². The summed E-state index contributed by atoms with van der Waals surface area (Å²) in [7, 11) is 1.38. The minimum absolute atomic E-state index is 0.218. The second-order valence-corrected chi connectivity index (χ2v) is 4.80. The lowest BCUT2D eigenvalue weighted by atomic mass is 9.89. The number of hydrogen-bond acceptors (Lipinski definition) is 4. The van der Waals surface area contributed by atoms with E-state index in [1.807, 2.05) is 18.2 Å². The van der Waals surface area contributed by atoms with Gasteiger partial charge in [-0.25, -0.2) is 0 Å². The normalized spacial score (nSPS) is 17.7. The van der Waals surface area contributed by atoms with E-state index >= 15 is 0 Å². The van der Waals surface area contributed by atoms with Crippen LogP contribution < -0.4 is 4.74 Å². The molecule has 19 heavy (non-hydrogen) atoms. The van der Waals surface area contributed by atoms with Crippen molar-refractivity contribution in [2.75, 3.05) is 13.7 Å². The van der Waals surface area contributed by atoms with Crippen LogP contribution in [0.3, 0.4) is 0 Å². The van der Waals surface area contributed by atoms with Crippen LogP contribution in [0, 0.1) is 0 Å². The molecule has 1 N–H and O–H groups in total. The summed E-state index contributed by atoms with van der Waals surface area (Å²) in [5.41, 5.74) is 2.19. The van der Waals surface area contributed by atoms with E-state index < -0.39 is 0 Å². The number of esters is 1. The van der Waals surface area contributed by atoms with E-state index in [1.165, 1.54) is 12.7 Å². The minimum atomic E-state index is -0.373. The van der Waals surface area contributed by atoms with Crippen LogP contribution in [-0.2, 0) is 16.0 Å². The van der Waals surface area contributed by atoms with E-state index in [0.717, 1.165) is 30.6 Å². The van der Waals surface area contributed by atoms with Crippen molar-refractivity contribution < 1.29 is 19.4 Å². The van der Waals surface area contributed by atoms with Gasteiger partial charge in [0.05, 0.1) is 19.8 Å². The standard InChI is InChI=1S/C15H20O4/c1-18-15(17)6-3-9-19-12-8-7-11-4-2-5-14(16)13(11)10-12/h7-8,10,14,16H,2-6,9H2,1H3. The van der Waals surface area contributed by atoms with Crippen molar-refractivity contribution in [1.29, 1.82) is 0 Å². The summed E-state index contributed by atoms with van der Waals surface area (Å²) < 4.78 is 10.2. The van der Waals surface area contributed by atoms with Crippen LogP contribution in [0.5, 0.6) is 5.75 Å². The molecule has 0 heterocycles. The molecule has 0 bridgehead atoms. The van der Waals surface area contributed by atoms with Gasteiger partial charge in [-0.1, -0.05) is 6.07 Å². The molecule has 4 heteroatoms. The first-order valence-corrected chi connectivity index (χ1v) is 6.71. The van der Waals surface area contributed by atoms with Crippen LogP contribution in [0.2, 0.25) is 0 Å². The molecule has 1 aliphatic rings. The Kier molecular flexibility index (Phi) is 4.80. The molecule has 0 radical (unpaired) electrons. The van der Waals surface area contributed by atoms with E-state index in [-0.39, 0.29) is 12.1 Å². The maximum Gasteiger partial charge on any atom is 0.305 e. The first-order valence-electron chi connectivity index (χ1n) is 6.71. The molecule has 0 saturated heterocycles. The number of benzene rings is 1. The Morgan fingerprint density at radius 1 is 1.47 bits per heavy atom. The number of aliphatic hydroxyl groups excluding tert-OH is 1. The number of aliphatic hydroxyl groups is 1. The Morgan fingerprint density at radius 3 is 3.11 bits per heavy atom. The number of ether oxygens (including phenoxy) is 2. The second kappa shape index (κ2) is 6.57. The van der Waals surface area contributed by atoms with Gasteiger partial charge in [-0.2, -0.15) is 0 Å². The molecule has 2 rings (SSSR count). The number of methoxy groups -OCH3 is 1. The minimum Gasteiger partial charge on any atom is -0.494 e. The molecule has 0 aromatic heterocycles. The summed E-state index contributed by atoms with van der Waals surface area (Å²) in [4.78, 5) is 10.9. The third-order valence-electron chi connectivity index (χ3n) is 3.42. The summed E-state index contributed by atoms with van der Waals surface area (Å²) in [6, 6.07) is 5.86. The van der Waals surface area contributed by atoms with Gasteiger partial charge in [-0.3, -0.25) is 4.79 Å². The quantitative estimate of drug-likeness (QED) is 0.655. The fraction of sp³-hybridized carbons (Fsp3) is 0.533. The van der Waals surface area contributed by atoms with Gasteiger partial charge in [0.2, 0.25) is 0 Å². The van der Waals surface area contributed by atoms with Gasteiger partial charge in [0, 0.05) is 6.42 Å². The SMILES string of the molecule is COC(=O)CCCOc1ccc2c(c1)C(O)CCC2. The van der Waals surface area contributed by atoms with E-state index in [2.05, 4.69) is 4.74 Å². The molecule has 1 aromatic rings. The van der Waals surface area contributed by atoms with Gasteiger partial charge >= 0.3 is 5.97 Å². The van der Waals surface area contributed by atoms with E-state index in [0.29, 0.717) is 19.4 Å². The highest BCUT2D eigenvalue weighted by molar-refractivity contribution is 5.69. The molecule has 4 nitrogen and oxygen atoms in total. The largest absolute Gasteiger partial charge is 0.494 e. The topological polar surface area (TPSA) is 55.8 Å². The molecule has 104 valence electrons. The van der Waals surface area contributed by atoms with Gasteiger partial charge in [0.25, 0.3) is 0 Å². The maximum absolute atomic E-state index is 10.9. The van der Waals surface area contributed by atoms with Crippen molar-refractivity contribution >= 4 is 5.97 Å². The molecular formula is C15H20O4. The number of rotatable bonds is 5. The number of carbonyl (C=O) groups is 1. The molecule has 1 atom stereocenters. The second-order valence-electron chi connectivity index (χ2n) is 4.80. The highest BCUT2D eigenvalue weighted by Gasteiger charge is 2.18. The van der Waals surface area contributed by atoms with Crippen molar-refractivity contribution in [3.8, 4) is 5.75 Å². The van der Waals surface area contributed by atoms with Crippen molar-refractivity contribution in [1.82, 2.24) is 0 Å². The molecule has 1 aromatic carbocycles. The predicted octanol–water partition coefficient (Wildman–Crippen LogP) is 2.39. The van der Waals surface area contributed by atoms with Crippen molar-refractivity contribution in [3.63, 3.8) is 0 Å². The van der Waals surface area contributed by atoms with Gasteiger partial charge < -0.3 is 14.6 Å². The summed E-state index contributed by atoms with van der Waals surface area (Å²) in [5.74, 6) is 0.536. The lowest BCUT2D eigenvalue weighted by Crippen LogP contribution is -2.10. The van der Waals surface area contributed by atoms with Crippen LogP contribution >= 0.6 is 0 Å². The number of aryl methyl sites for hydroxylation is 1. The first-order chi connectivity index (χ1) is 9.20. The van der Waals surface area contributed by atoms with Crippen molar-refractivity contribution in [3.05, 3.63) is 29.3 Å². The van der Waals surface area contributed by atoms with Crippen LogP contribution in [-0.4, -0.2) is 24.8 Å². The van der Waals surface area contributed by atoms with E-state index in [1.54, 1.807) is 0 Å². The molecule has 0 amide bonds. The molecule has 1 aliphatic carbocycles. The Hall–Kier alpha value is -1.55. The summed E-state index contributed by atoms with van der Waals surface area (Å²) >= 11 is 0. The summed E-state index contributed by atoms with van der Waals surface area (Å²) in [6.07, 6.45) is 3.50. The molecule has 0 fully saturated rings. The number of carbonyl (C=O) groups excluding carboxylic acids is 1. The van der Waals surface area contributed by atoms with Crippen LogP contribution in [0.1, 0.15) is 42.9 Å². The number of fused-ring (bicyclic) bond motifs is 1. The van der Waals surface area contributed by atoms with Crippen LogP contribution in [0.15, 0.2) is 18.2 Å². The van der Waals surface area contributed by atoms with E-state index in [4.69, 9.17) is 4.74 Å². The molecule has 0 saturated carbocycles. The average Bonchev–Trinajstić information content (AvgIpc) is 2.44. The van der Waals surface area contributed by atoms with E-state index in [9.17, 15) is 9.90 Å². The Morgan fingerprint density at radius 2 is 2.32 bits per heavy atom. The highest BCUT2D eigenvalue weighted by Crippen LogP contribution is 2.32. The lowest BCUT2D eigenvalue weighted by Gasteiger charge is -2.21. The third kappa shape index (κ3) is 3.70. The summed E-state index contributed by atoms with van der Waals surface area (Å²) in [5, 5.41) is 9.95. The average molecular weight is 264 g/mol. The van der Waals surface area contributed by atoms with Gasteiger partial charge in [0.1, 0.15) is 5.75 Å². The molecule has 1 unspecified atom stereocenters.